The minimum atomic E-state index is -3.26. The van der Waals surface area contributed by atoms with Crippen molar-refractivity contribution in [3.05, 3.63) is 35.8 Å². The summed E-state index contributed by atoms with van der Waals surface area (Å²) in [4.78, 5) is 17.1. The summed E-state index contributed by atoms with van der Waals surface area (Å²) in [7, 11) is -3.26. The molecule has 134 valence electrons. The van der Waals surface area contributed by atoms with E-state index in [1.54, 1.807) is 17.0 Å². The maximum atomic E-state index is 13.5. The molecule has 2 aromatic rings. The number of hydrogen-bond donors (Lipinski definition) is 1. The molecule has 0 bridgehead atoms. The Morgan fingerprint density at radius 1 is 1.20 bits per heavy atom. The fourth-order valence-electron chi connectivity index (χ4n) is 3.70. The van der Waals surface area contributed by atoms with Gasteiger partial charge in [0.05, 0.1) is 5.25 Å². The topological polar surface area (TPSA) is 70.2 Å². The van der Waals surface area contributed by atoms with E-state index in [2.05, 4.69) is 4.98 Å². The number of sulfone groups is 1. The number of nitrogens with zero attached hydrogens (tertiary/aromatic N) is 1. The van der Waals surface area contributed by atoms with Gasteiger partial charge in [0.2, 0.25) is 5.91 Å². The van der Waals surface area contributed by atoms with E-state index in [1.165, 1.54) is 6.07 Å². The number of hydrogen-bond acceptors (Lipinski definition) is 3. The Morgan fingerprint density at radius 2 is 1.92 bits per heavy atom. The number of carbonyl (C=O) groups is 1. The van der Waals surface area contributed by atoms with E-state index in [1.807, 2.05) is 6.20 Å². The highest BCUT2D eigenvalue weighted by Crippen LogP contribution is 2.34. The van der Waals surface area contributed by atoms with Crippen molar-refractivity contribution >= 4 is 26.6 Å². The predicted molar refractivity (Wildman–Crippen MR) is 93.6 cm³/mol. The first-order valence-corrected chi connectivity index (χ1v) is 10.4. The third-order valence-corrected chi connectivity index (χ3v) is 7.46. The molecule has 5 nitrogen and oxygen atoms in total. The first-order chi connectivity index (χ1) is 11.9. The Hall–Kier alpha value is -1.89. The Kier molecular flexibility index (Phi) is 4.06. The van der Waals surface area contributed by atoms with Crippen molar-refractivity contribution in [2.75, 3.05) is 18.8 Å². The quantitative estimate of drug-likeness (QED) is 0.906. The molecule has 1 amide bonds. The number of aromatic nitrogens is 1. The fourth-order valence-corrected chi connectivity index (χ4v) is 5.32. The summed E-state index contributed by atoms with van der Waals surface area (Å²) in [5.41, 5.74) is 1.98. The van der Waals surface area contributed by atoms with Crippen molar-refractivity contribution in [1.82, 2.24) is 9.88 Å². The lowest BCUT2D eigenvalue weighted by Gasteiger charge is -2.32. The molecule has 1 N–H and O–H groups in total. The Balaban J connectivity index is 1.42. The smallest absolute Gasteiger partial charge is 0.237 e. The molecule has 1 aromatic heterocycles. The van der Waals surface area contributed by atoms with Gasteiger partial charge in [0.1, 0.15) is 11.6 Å². The van der Waals surface area contributed by atoms with Gasteiger partial charge in [-0.2, -0.15) is 0 Å². The number of nitrogens with one attached hydrogen (secondary N) is 1. The molecular formula is C18H21FN2O3S. The maximum absolute atomic E-state index is 13.5. The molecule has 7 heteroatoms. The number of rotatable bonds is 4. The molecule has 0 unspecified atom stereocenters. The molecule has 2 aliphatic rings. The standard InChI is InChI=1S/C18H21FN2O3S/c19-13-1-4-17-15(9-13)16(10-20-17)12-5-7-21(8-6-12)18(22)11-25(23,24)14-2-3-14/h1,4,9-10,12,14,20H,2-3,5-8,11H2. The van der Waals surface area contributed by atoms with Crippen molar-refractivity contribution in [2.45, 2.75) is 36.9 Å². The van der Waals surface area contributed by atoms with Crippen LogP contribution in [0.25, 0.3) is 10.9 Å². The number of amides is 1. The number of aromatic amines is 1. The predicted octanol–water partition coefficient (Wildman–Crippen LogP) is 2.59. The molecule has 1 aliphatic carbocycles. The number of carbonyl (C=O) groups excluding carboxylic acids is 1. The van der Waals surface area contributed by atoms with E-state index in [0.717, 1.165) is 29.3 Å². The number of H-pyrrole nitrogens is 1. The average Bonchev–Trinajstić information content (AvgIpc) is 3.36. The van der Waals surface area contributed by atoms with Gasteiger partial charge >= 0.3 is 0 Å². The van der Waals surface area contributed by atoms with Crippen molar-refractivity contribution < 1.29 is 17.6 Å². The van der Waals surface area contributed by atoms with E-state index in [-0.39, 0.29) is 28.6 Å². The fraction of sp³-hybridized carbons (Fsp3) is 0.500. The number of halogens is 1. The molecule has 25 heavy (non-hydrogen) atoms. The van der Waals surface area contributed by atoms with Gasteiger partial charge in [0, 0.05) is 30.2 Å². The van der Waals surface area contributed by atoms with E-state index < -0.39 is 9.84 Å². The van der Waals surface area contributed by atoms with Crippen molar-refractivity contribution in [3.63, 3.8) is 0 Å². The van der Waals surface area contributed by atoms with Crippen LogP contribution in [0.3, 0.4) is 0 Å². The molecule has 0 spiro atoms. The summed E-state index contributed by atoms with van der Waals surface area (Å²) < 4.78 is 37.5. The normalized spacial score (nSPS) is 19.5. The lowest BCUT2D eigenvalue weighted by molar-refractivity contribution is -0.129. The third kappa shape index (κ3) is 3.29. The maximum Gasteiger partial charge on any atom is 0.237 e. The molecule has 1 aliphatic heterocycles. The van der Waals surface area contributed by atoms with Gasteiger partial charge in [-0.15, -0.1) is 0 Å². The monoisotopic (exact) mass is 364 g/mol. The van der Waals surface area contributed by atoms with Crippen LogP contribution >= 0.6 is 0 Å². The lowest BCUT2D eigenvalue weighted by atomic mass is 9.89. The summed E-state index contributed by atoms with van der Waals surface area (Å²) in [6, 6.07) is 4.71. The van der Waals surface area contributed by atoms with Crippen LogP contribution < -0.4 is 0 Å². The highest BCUT2D eigenvalue weighted by Gasteiger charge is 2.38. The zero-order chi connectivity index (χ0) is 17.6. The SMILES string of the molecule is O=C(CS(=O)(=O)C1CC1)N1CCC(c2c[nH]c3ccc(F)cc23)CC1. The van der Waals surface area contributed by atoms with E-state index in [4.69, 9.17) is 0 Å². The number of likely N-dealkylation sites (tertiary alicyclic amines) is 1. The first kappa shape index (κ1) is 16.6. The van der Waals surface area contributed by atoms with Gasteiger partial charge in [-0.25, -0.2) is 12.8 Å². The minimum absolute atomic E-state index is 0.250. The van der Waals surface area contributed by atoms with Crippen LogP contribution in [0.5, 0.6) is 0 Å². The summed E-state index contributed by atoms with van der Waals surface area (Å²) in [5, 5.41) is 0.594. The molecule has 0 atom stereocenters. The van der Waals surface area contributed by atoms with Gasteiger partial charge in [-0.3, -0.25) is 4.79 Å². The zero-order valence-electron chi connectivity index (χ0n) is 13.9. The van der Waals surface area contributed by atoms with Crippen LogP contribution in [0.15, 0.2) is 24.4 Å². The summed E-state index contributed by atoms with van der Waals surface area (Å²) in [6.45, 7) is 1.09. The van der Waals surface area contributed by atoms with Crippen LogP contribution in [-0.2, 0) is 14.6 Å². The van der Waals surface area contributed by atoms with Gasteiger partial charge in [-0.1, -0.05) is 0 Å². The highest BCUT2D eigenvalue weighted by molar-refractivity contribution is 7.93. The molecule has 2 fully saturated rings. The molecule has 1 saturated heterocycles. The number of fused-ring (bicyclic) bond motifs is 1. The lowest BCUT2D eigenvalue weighted by Crippen LogP contribution is -2.41. The minimum Gasteiger partial charge on any atom is -0.361 e. The van der Waals surface area contributed by atoms with Crippen LogP contribution in [0.2, 0.25) is 0 Å². The van der Waals surface area contributed by atoms with E-state index >= 15 is 0 Å². The Morgan fingerprint density at radius 3 is 2.60 bits per heavy atom. The van der Waals surface area contributed by atoms with E-state index in [9.17, 15) is 17.6 Å². The summed E-state index contributed by atoms with van der Waals surface area (Å²) in [5.74, 6) is -0.651. The molecule has 0 radical (unpaired) electrons. The van der Waals surface area contributed by atoms with Crippen LogP contribution in [-0.4, -0.2) is 48.3 Å². The van der Waals surface area contributed by atoms with Crippen LogP contribution in [0.4, 0.5) is 4.39 Å². The van der Waals surface area contributed by atoms with Gasteiger partial charge in [0.25, 0.3) is 0 Å². The Bertz CT molecular complexity index is 910. The van der Waals surface area contributed by atoms with Gasteiger partial charge in [-0.05, 0) is 55.4 Å². The average molecular weight is 364 g/mol. The second-order valence-electron chi connectivity index (χ2n) is 7.10. The molecule has 1 saturated carbocycles. The van der Waals surface area contributed by atoms with Crippen LogP contribution in [0.1, 0.15) is 37.2 Å². The molecule has 4 rings (SSSR count). The largest absolute Gasteiger partial charge is 0.361 e. The molecule has 2 heterocycles. The highest BCUT2D eigenvalue weighted by atomic mass is 32.2. The summed E-state index contributed by atoms with van der Waals surface area (Å²) >= 11 is 0. The molecule has 1 aromatic carbocycles. The Labute approximate surface area is 146 Å². The second kappa shape index (κ2) is 6.12. The number of piperidine rings is 1. The van der Waals surface area contributed by atoms with Crippen molar-refractivity contribution in [2.24, 2.45) is 0 Å². The second-order valence-corrected chi connectivity index (χ2v) is 9.38. The van der Waals surface area contributed by atoms with Crippen molar-refractivity contribution in [3.8, 4) is 0 Å². The molecular weight excluding hydrogens is 343 g/mol. The first-order valence-electron chi connectivity index (χ1n) is 8.70. The van der Waals surface area contributed by atoms with Gasteiger partial charge in [0.15, 0.2) is 9.84 Å². The summed E-state index contributed by atoms with van der Waals surface area (Å²) in [6.07, 6.45) is 4.82. The third-order valence-electron chi connectivity index (χ3n) is 5.32. The zero-order valence-corrected chi connectivity index (χ0v) is 14.7. The van der Waals surface area contributed by atoms with E-state index in [0.29, 0.717) is 25.9 Å². The number of benzene rings is 1. The van der Waals surface area contributed by atoms with Crippen LogP contribution in [0, 0.1) is 5.82 Å². The van der Waals surface area contributed by atoms with Gasteiger partial charge < -0.3 is 9.88 Å². The van der Waals surface area contributed by atoms with Crippen molar-refractivity contribution in [1.29, 1.82) is 0 Å².